The van der Waals surface area contributed by atoms with Gasteiger partial charge in [-0.25, -0.2) is 0 Å². The summed E-state index contributed by atoms with van der Waals surface area (Å²) in [4.78, 5) is 26.2. The molecule has 1 unspecified atom stereocenters. The predicted octanol–water partition coefficient (Wildman–Crippen LogP) is 2.58. The maximum atomic E-state index is 12.4. The van der Waals surface area contributed by atoms with Crippen LogP contribution in [0.3, 0.4) is 0 Å². The summed E-state index contributed by atoms with van der Waals surface area (Å²) in [5.41, 5.74) is 2.39. The van der Waals surface area contributed by atoms with Gasteiger partial charge in [-0.3, -0.25) is 9.59 Å². The van der Waals surface area contributed by atoms with Crippen LogP contribution in [-0.2, 0) is 16.0 Å². The summed E-state index contributed by atoms with van der Waals surface area (Å²) in [6.45, 7) is 2.30. The Morgan fingerprint density at radius 3 is 2.68 bits per heavy atom. The van der Waals surface area contributed by atoms with Crippen molar-refractivity contribution in [3.05, 3.63) is 35.4 Å². The van der Waals surface area contributed by atoms with Gasteiger partial charge < -0.3 is 10.2 Å². The number of hydrogen-bond donors (Lipinski definition) is 1. The highest BCUT2D eigenvalue weighted by atomic mass is 16.2. The molecule has 118 valence electrons. The van der Waals surface area contributed by atoms with Gasteiger partial charge in [0.2, 0.25) is 11.8 Å². The maximum absolute atomic E-state index is 12.4. The lowest BCUT2D eigenvalue weighted by Crippen LogP contribution is -2.42. The lowest BCUT2D eigenvalue weighted by Gasteiger charge is -2.36. The van der Waals surface area contributed by atoms with Crippen LogP contribution in [0.5, 0.6) is 0 Å². The van der Waals surface area contributed by atoms with Crippen molar-refractivity contribution >= 4 is 11.8 Å². The minimum atomic E-state index is -0.121. The zero-order chi connectivity index (χ0) is 15.5. The Balaban J connectivity index is 1.75. The number of nitrogens with zero attached hydrogens (tertiary/aromatic N) is 1. The third kappa shape index (κ3) is 3.16. The summed E-state index contributed by atoms with van der Waals surface area (Å²) in [6.07, 6.45) is 5.82. The zero-order valence-corrected chi connectivity index (χ0v) is 13.2. The number of carbonyl (C=O) groups is 2. The molecule has 0 aromatic heterocycles. The van der Waals surface area contributed by atoms with Crippen LogP contribution in [0.4, 0.5) is 0 Å². The van der Waals surface area contributed by atoms with E-state index < -0.39 is 0 Å². The van der Waals surface area contributed by atoms with Gasteiger partial charge in [-0.05, 0) is 30.4 Å². The molecule has 4 heteroatoms. The first-order chi connectivity index (χ1) is 10.6. The van der Waals surface area contributed by atoms with E-state index in [2.05, 4.69) is 17.4 Å². The van der Waals surface area contributed by atoms with Crippen LogP contribution in [0, 0.1) is 0 Å². The summed E-state index contributed by atoms with van der Waals surface area (Å²) < 4.78 is 0. The van der Waals surface area contributed by atoms with Gasteiger partial charge in [0.05, 0.1) is 12.5 Å². The summed E-state index contributed by atoms with van der Waals surface area (Å²) in [6, 6.07) is 8.38. The second kappa shape index (κ2) is 6.51. The van der Waals surface area contributed by atoms with E-state index in [1.54, 1.807) is 6.92 Å². The topological polar surface area (TPSA) is 49.4 Å². The summed E-state index contributed by atoms with van der Waals surface area (Å²) >= 11 is 0. The van der Waals surface area contributed by atoms with Crippen molar-refractivity contribution in [2.45, 2.75) is 57.5 Å². The molecule has 1 aromatic rings. The molecule has 3 rings (SSSR count). The quantitative estimate of drug-likeness (QED) is 0.932. The van der Waals surface area contributed by atoms with Crippen molar-refractivity contribution in [1.82, 2.24) is 10.2 Å². The van der Waals surface area contributed by atoms with Crippen LogP contribution in [-0.4, -0.2) is 29.3 Å². The molecule has 0 radical (unpaired) electrons. The van der Waals surface area contributed by atoms with Gasteiger partial charge in [0.15, 0.2) is 0 Å². The monoisotopic (exact) mass is 300 g/mol. The van der Waals surface area contributed by atoms with E-state index in [9.17, 15) is 9.59 Å². The molecule has 1 heterocycles. The molecule has 2 amide bonds. The van der Waals surface area contributed by atoms with Gasteiger partial charge in [-0.2, -0.15) is 0 Å². The fraction of sp³-hybridized carbons (Fsp3) is 0.556. The average molecular weight is 300 g/mol. The van der Waals surface area contributed by atoms with E-state index in [1.807, 2.05) is 17.0 Å². The molecule has 0 bridgehead atoms. The standard InChI is InChI=1S/C18H24N2O2/c1-13(21)20-11-10-14-6-2-5-9-16(14)17(20)12-18(22)19-15-7-3-4-8-15/h2,5-6,9,15,17H,3-4,7-8,10-12H2,1H3,(H,19,22). The molecular weight excluding hydrogens is 276 g/mol. The van der Waals surface area contributed by atoms with E-state index in [1.165, 1.54) is 18.4 Å². The van der Waals surface area contributed by atoms with E-state index in [0.717, 1.165) is 24.8 Å². The van der Waals surface area contributed by atoms with Gasteiger partial charge in [-0.1, -0.05) is 37.1 Å². The van der Waals surface area contributed by atoms with E-state index in [4.69, 9.17) is 0 Å². The third-order valence-corrected chi connectivity index (χ3v) is 4.92. The van der Waals surface area contributed by atoms with Gasteiger partial charge in [0.1, 0.15) is 0 Å². The molecule has 1 N–H and O–H groups in total. The van der Waals surface area contributed by atoms with Crippen molar-refractivity contribution < 1.29 is 9.59 Å². The molecule has 22 heavy (non-hydrogen) atoms. The molecule has 0 saturated heterocycles. The van der Waals surface area contributed by atoms with Gasteiger partial charge in [-0.15, -0.1) is 0 Å². The third-order valence-electron chi connectivity index (χ3n) is 4.92. The first-order valence-electron chi connectivity index (χ1n) is 8.29. The predicted molar refractivity (Wildman–Crippen MR) is 85.3 cm³/mol. The van der Waals surface area contributed by atoms with Gasteiger partial charge >= 0.3 is 0 Å². The van der Waals surface area contributed by atoms with Crippen LogP contribution in [0.25, 0.3) is 0 Å². The highest BCUT2D eigenvalue weighted by molar-refractivity contribution is 5.80. The second-order valence-electron chi connectivity index (χ2n) is 6.43. The van der Waals surface area contributed by atoms with Crippen LogP contribution < -0.4 is 5.32 Å². The fourth-order valence-electron chi connectivity index (χ4n) is 3.78. The smallest absolute Gasteiger partial charge is 0.222 e. The Kier molecular flexibility index (Phi) is 4.46. The molecular formula is C18H24N2O2. The maximum Gasteiger partial charge on any atom is 0.222 e. The van der Waals surface area contributed by atoms with Gasteiger partial charge in [0, 0.05) is 19.5 Å². The molecule has 1 aromatic carbocycles. The van der Waals surface area contributed by atoms with E-state index >= 15 is 0 Å². The first-order valence-corrected chi connectivity index (χ1v) is 8.29. The highest BCUT2D eigenvalue weighted by Crippen LogP contribution is 2.32. The van der Waals surface area contributed by atoms with Crippen molar-refractivity contribution in [2.24, 2.45) is 0 Å². The summed E-state index contributed by atoms with van der Waals surface area (Å²) in [5, 5.41) is 3.14. The van der Waals surface area contributed by atoms with Crippen LogP contribution in [0.2, 0.25) is 0 Å². The Labute approximate surface area is 131 Å². The SMILES string of the molecule is CC(=O)N1CCc2ccccc2C1CC(=O)NC1CCCC1. The molecule has 1 atom stereocenters. The molecule has 1 fully saturated rings. The number of benzene rings is 1. The number of amides is 2. The Morgan fingerprint density at radius 2 is 1.95 bits per heavy atom. The van der Waals surface area contributed by atoms with E-state index in [0.29, 0.717) is 19.0 Å². The lowest BCUT2D eigenvalue weighted by atomic mass is 9.90. The van der Waals surface area contributed by atoms with Gasteiger partial charge in [0.25, 0.3) is 0 Å². The van der Waals surface area contributed by atoms with Crippen LogP contribution >= 0.6 is 0 Å². The molecule has 1 aliphatic carbocycles. The number of rotatable bonds is 3. The number of fused-ring (bicyclic) bond motifs is 1. The molecule has 2 aliphatic rings. The zero-order valence-electron chi connectivity index (χ0n) is 13.2. The second-order valence-corrected chi connectivity index (χ2v) is 6.43. The van der Waals surface area contributed by atoms with E-state index in [-0.39, 0.29) is 17.9 Å². The minimum absolute atomic E-state index is 0.0492. The summed E-state index contributed by atoms with van der Waals surface area (Å²) in [7, 11) is 0. The van der Waals surface area contributed by atoms with Crippen LogP contribution in [0.1, 0.15) is 56.2 Å². The van der Waals surface area contributed by atoms with Crippen LogP contribution in [0.15, 0.2) is 24.3 Å². The number of nitrogens with one attached hydrogen (secondary N) is 1. The number of hydrogen-bond acceptors (Lipinski definition) is 2. The number of carbonyl (C=O) groups excluding carboxylic acids is 2. The Bertz CT molecular complexity index is 564. The molecule has 0 spiro atoms. The fourth-order valence-corrected chi connectivity index (χ4v) is 3.78. The highest BCUT2D eigenvalue weighted by Gasteiger charge is 2.31. The minimum Gasteiger partial charge on any atom is -0.353 e. The molecule has 1 saturated carbocycles. The van der Waals surface area contributed by atoms with Crippen molar-refractivity contribution in [2.75, 3.05) is 6.54 Å². The first kappa shape index (κ1) is 15.1. The Hall–Kier alpha value is -1.84. The van der Waals surface area contributed by atoms with Crippen molar-refractivity contribution in [3.8, 4) is 0 Å². The Morgan fingerprint density at radius 1 is 1.23 bits per heavy atom. The van der Waals surface area contributed by atoms with Crippen molar-refractivity contribution in [3.63, 3.8) is 0 Å². The summed E-state index contributed by atoms with van der Waals surface area (Å²) in [5.74, 6) is 0.119. The lowest BCUT2D eigenvalue weighted by molar-refractivity contribution is -0.133. The normalized spacial score (nSPS) is 21.5. The molecule has 1 aliphatic heterocycles. The average Bonchev–Trinajstić information content (AvgIpc) is 3.00. The molecule has 4 nitrogen and oxygen atoms in total. The van der Waals surface area contributed by atoms with Crippen molar-refractivity contribution in [1.29, 1.82) is 0 Å². The largest absolute Gasteiger partial charge is 0.353 e.